The van der Waals surface area contributed by atoms with Crippen molar-refractivity contribution in [3.63, 3.8) is 0 Å². The topological polar surface area (TPSA) is 26.3 Å². The lowest BCUT2D eigenvalue weighted by Gasteiger charge is -2.33. The fourth-order valence-electron chi connectivity index (χ4n) is 3.06. The minimum absolute atomic E-state index is 0.254. The van der Waals surface area contributed by atoms with Crippen molar-refractivity contribution < 1.29 is 9.53 Å². The van der Waals surface area contributed by atoms with Crippen LogP contribution in [0.25, 0.3) is 0 Å². The van der Waals surface area contributed by atoms with Crippen molar-refractivity contribution >= 4 is 5.78 Å². The van der Waals surface area contributed by atoms with E-state index in [1.165, 1.54) is 25.7 Å². The molecule has 2 nitrogen and oxygen atoms in total. The maximum Gasteiger partial charge on any atom is 0.167 e. The van der Waals surface area contributed by atoms with Gasteiger partial charge in [0.25, 0.3) is 0 Å². The Morgan fingerprint density at radius 1 is 1.06 bits per heavy atom. The molecular formula is C15H28O2. The van der Waals surface area contributed by atoms with Gasteiger partial charge in [0, 0.05) is 12.5 Å². The third kappa shape index (κ3) is 3.54. The Labute approximate surface area is 106 Å². The van der Waals surface area contributed by atoms with Gasteiger partial charge in [-0.25, -0.2) is 0 Å². The summed E-state index contributed by atoms with van der Waals surface area (Å²) in [6.07, 6.45) is 8.80. The van der Waals surface area contributed by atoms with E-state index in [0.717, 1.165) is 25.7 Å². The van der Waals surface area contributed by atoms with Gasteiger partial charge in [0.05, 0.1) is 0 Å². The molecule has 1 rings (SSSR count). The van der Waals surface area contributed by atoms with E-state index >= 15 is 0 Å². The molecule has 1 saturated carbocycles. The van der Waals surface area contributed by atoms with Crippen molar-refractivity contribution in [2.75, 3.05) is 6.61 Å². The summed E-state index contributed by atoms with van der Waals surface area (Å²) in [6.45, 7) is 6.78. The van der Waals surface area contributed by atoms with Crippen LogP contribution >= 0.6 is 0 Å². The molecule has 17 heavy (non-hydrogen) atoms. The van der Waals surface area contributed by atoms with Crippen molar-refractivity contribution in [1.82, 2.24) is 0 Å². The van der Waals surface area contributed by atoms with Gasteiger partial charge in [0.1, 0.15) is 5.60 Å². The Morgan fingerprint density at radius 2 is 1.59 bits per heavy atom. The first-order valence-corrected chi connectivity index (χ1v) is 7.38. The Bertz CT molecular complexity index is 223. The van der Waals surface area contributed by atoms with Crippen LogP contribution in [0.3, 0.4) is 0 Å². The van der Waals surface area contributed by atoms with Crippen LogP contribution in [0.5, 0.6) is 0 Å². The summed E-state index contributed by atoms with van der Waals surface area (Å²) in [6, 6.07) is 0. The number of Topliss-reactive ketones (excluding diaryl/α,β-unsaturated/α-hetero) is 1. The van der Waals surface area contributed by atoms with E-state index in [4.69, 9.17) is 4.74 Å². The number of hydrogen-bond acceptors (Lipinski definition) is 2. The van der Waals surface area contributed by atoms with Crippen molar-refractivity contribution in [2.45, 2.75) is 77.7 Å². The lowest BCUT2D eigenvalue weighted by Crippen LogP contribution is -2.44. The second-order valence-corrected chi connectivity index (χ2v) is 5.19. The number of rotatable bonds is 6. The summed E-state index contributed by atoms with van der Waals surface area (Å²) in [5.41, 5.74) is -0.496. The molecule has 0 heterocycles. The first-order chi connectivity index (χ1) is 8.20. The number of carbonyl (C=O) groups excluding carboxylic acids is 1. The van der Waals surface area contributed by atoms with E-state index in [-0.39, 0.29) is 5.92 Å². The lowest BCUT2D eigenvalue weighted by atomic mass is 9.81. The SMILES string of the molecule is CCOC(CC)(CC)C(=O)C1CCCCCC1. The van der Waals surface area contributed by atoms with Gasteiger partial charge in [-0.3, -0.25) is 4.79 Å². The molecule has 0 amide bonds. The minimum Gasteiger partial charge on any atom is -0.368 e. The monoisotopic (exact) mass is 240 g/mol. The molecule has 2 heteroatoms. The quantitative estimate of drug-likeness (QED) is 0.653. The largest absolute Gasteiger partial charge is 0.368 e. The fourth-order valence-corrected chi connectivity index (χ4v) is 3.06. The summed E-state index contributed by atoms with van der Waals surface area (Å²) in [7, 11) is 0. The zero-order valence-electron chi connectivity index (χ0n) is 11.8. The predicted molar refractivity (Wildman–Crippen MR) is 71.1 cm³/mol. The Hall–Kier alpha value is -0.370. The summed E-state index contributed by atoms with van der Waals surface area (Å²) >= 11 is 0. The van der Waals surface area contributed by atoms with Crippen molar-refractivity contribution in [2.24, 2.45) is 5.92 Å². The van der Waals surface area contributed by atoms with E-state index in [1.807, 2.05) is 6.92 Å². The Kier molecular flexibility index (Phi) is 6.18. The molecule has 1 aliphatic rings. The van der Waals surface area contributed by atoms with Crippen molar-refractivity contribution in [3.8, 4) is 0 Å². The Morgan fingerprint density at radius 3 is 2.00 bits per heavy atom. The smallest absolute Gasteiger partial charge is 0.167 e. The number of ketones is 1. The molecule has 0 aliphatic heterocycles. The van der Waals surface area contributed by atoms with Crippen LogP contribution in [-0.4, -0.2) is 18.0 Å². The maximum absolute atomic E-state index is 12.7. The van der Waals surface area contributed by atoms with E-state index < -0.39 is 5.60 Å². The Balaban J connectivity index is 2.74. The summed E-state index contributed by atoms with van der Waals surface area (Å²) in [4.78, 5) is 12.7. The third-order valence-electron chi connectivity index (χ3n) is 4.24. The van der Waals surface area contributed by atoms with Crippen LogP contribution in [0.15, 0.2) is 0 Å². The molecule has 0 spiro atoms. The molecule has 0 atom stereocenters. The molecule has 1 aliphatic carbocycles. The number of hydrogen-bond donors (Lipinski definition) is 0. The van der Waals surface area contributed by atoms with Gasteiger partial charge in [0.2, 0.25) is 0 Å². The fraction of sp³-hybridized carbons (Fsp3) is 0.933. The molecule has 0 aromatic carbocycles. The highest BCUT2D eigenvalue weighted by atomic mass is 16.5. The summed E-state index contributed by atoms with van der Waals surface area (Å²) in [5, 5.41) is 0. The molecule has 0 N–H and O–H groups in total. The zero-order chi connectivity index (χ0) is 12.7. The average Bonchev–Trinajstić information content (AvgIpc) is 2.64. The molecule has 0 saturated heterocycles. The van der Waals surface area contributed by atoms with Gasteiger partial charge >= 0.3 is 0 Å². The first kappa shape index (κ1) is 14.7. The summed E-state index contributed by atoms with van der Waals surface area (Å²) in [5.74, 6) is 0.634. The third-order valence-corrected chi connectivity index (χ3v) is 4.24. The molecule has 0 unspecified atom stereocenters. The zero-order valence-corrected chi connectivity index (χ0v) is 11.8. The van der Waals surface area contributed by atoms with E-state index in [2.05, 4.69) is 13.8 Å². The van der Waals surface area contributed by atoms with Crippen LogP contribution < -0.4 is 0 Å². The standard InChI is InChI=1S/C15H28O2/c1-4-15(5-2,17-6-3)14(16)13-11-9-7-8-10-12-13/h13H,4-12H2,1-3H3. The molecule has 0 bridgehead atoms. The molecule has 0 aromatic heterocycles. The average molecular weight is 240 g/mol. The molecule has 0 aromatic rings. The predicted octanol–water partition coefficient (Wildman–Crippen LogP) is 4.12. The minimum atomic E-state index is -0.496. The summed E-state index contributed by atoms with van der Waals surface area (Å²) < 4.78 is 5.83. The molecule has 0 radical (unpaired) electrons. The van der Waals surface area contributed by atoms with Crippen LogP contribution in [0.2, 0.25) is 0 Å². The van der Waals surface area contributed by atoms with Gasteiger partial charge in [-0.05, 0) is 32.6 Å². The highest BCUT2D eigenvalue weighted by Crippen LogP contribution is 2.32. The van der Waals surface area contributed by atoms with Gasteiger partial charge in [-0.1, -0.05) is 39.5 Å². The highest BCUT2D eigenvalue weighted by molar-refractivity contribution is 5.89. The van der Waals surface area contributed by atoms with Gasteiger partial charge in [-0.15, -0.1) is 0 Å². The first-order valence-electron chi connectivity index (χ1n) is 7.38. The maximum atomic E-state index is 12.7. The molecule has 100 valence electrons. The van der Waals surface area contributed by atoms with E-state index in [1.54, 1.807) is 0 Å². The van der Waals surface area contributed by atoms with E-state index in [0.29, 0.717) is 12.4 Å². The van der Waals surface area contributed by atoms with Crippen molar-refractivity contribution in [1.29, 1.82) is 0 Å². The van der Waals surface area contributed by atoms with Crippen LogP contribution in [0, 0.1) is 5.92 Å². The number of carbonyl (C=O) groups is 1. The lowest BCUT2D eigenvalue weighted by molar-refractivity contribution is -0.150. The normalized spacial score (nSPS) is 19.0. The van der Waals surface area contributed by atoms with Crippen LogP contribution in [0.4, 0.5) is 0 Å². The van der Waals surface area contributed by atoms with Gasteiger partial charge in [0.15, 0.2) is 5.78 Å². The number of ether oxygens (including phenoxy) is 1. The van der Waals surface area contributed by atoms with Crippen molar-refractivity contribution in [3.05, 3.63) is 0 Å². The second-order valence-electron chi connectivity index (χ2n) is 5.19. The van der Waals surface area contributed by atoms with Gasteiger partial charge in [-0.2, -0.15) is 0 Å². The molecular weight excluding hydrogens is 212 g/mol. The molecule has 1 fully saturated rings. The van der Waals surface area contributed by atoms with E-state index in [9.17, 15) is 4.79 Å². The van der Waals surface area contributed by atoms with Crippen LogP contribution in [-0.2, 0) is 9.53 Å². The van der Waals surface area contributed by atoms with Crippen LogP contribution in [0.1, 0.15) is 72.1 Å². The van der Waals surface area contributed by atoms with Gasteiger partial charge < -0.3 is 4.74 Å². The second kappa shape index (κ2) is 7.15. The highest BCUT2D eigenvalue weighted by Gasteiger charge is 2.39.